The van der Waals surface area contributed by atoms with Crippen LogP contribution in [0.2, 0.25) is 0 Å². The lowest BCUT2D eigenvalue weighted by Crippen LogP contribution is -2.21. The van der Waals surface area contributed by atoms with Crippen LogP contribution >= 0.6 is 11.8 Å². The monoisotopic (exact) mass is 291 g/mol. The Labute approximate surface area is 130 Å². The number of hydrogen-bond donors (Lipinski definition) is 0. The lowest BCUT2D eigenvalue weighted by Gasteiger charge is -2.31. The van der Waals surface area contributed by atoms with Gasteiger partial charge in [0.05, 0.1) is 11.4 Å². The molecule has 0 N–H and O–H groups in total. The Morgan fingerprint density at radius 2 is 1.55 bits per heavy atom. The summed E-state index contributed by atoms with van der Waals surface area (Å²) in [5.74, 6) is 0. The van der Waals surface area contributed by atoms with Crippen molar-refractivity contribution in [3.63, 3.8) is 0 Å². The molecule has 0 aromatic carbocycles. The van der Waals surface area contributed by atoms with Crippen LogP contribution in [0.4, 0.5) is 0 Å². The zero-order valence-corrected chi connectivity index (χ0v) is 14.7. The van der Waals surface area contributed by atoms with E-state index in [1.54, 1.807) is 17.8 Å². The molecule has 0 saturated carbocycles. The fourth-order valence-electron chi connectivity index (χ4n) is 1.58. The number of likely N-dealkylation sites (N-methyl/N-ethyl adjacent to an activating group) is 1. The second kappa shape index (κ2) is 12.6. The van der Waals surface area contributed by atoms with Gasteiger partial charge in [0.2, 0.25) is 0 Å². The SMILES string of the molecule is C=C/C=C1\C(=C/C)SC(C=C)=C(C=C)N1C.CC.CC. The molecule has 2 heteroatoms. The van der Waals surface area contributed by atoms with Crippen molar-refractivity contribution in [1.29, 1.82) is 0 Å². The molecule has 0 amide bonds. The minimum Gasteiger partial charge on any atom is -0.343 e. The molecule has 0 unspecified atom stereocenters. The molecule has 0 fully saturated rings. The zero-order valence-electron chi connectivity index (χ0n) is 13.9. The van der Waals surface area contributed by atoms with E-state index in [9.17, 15) is 0 Å². The smallest absolute Gasteiger partial charge is 0.0546 e. The van der Waals surface area contributed by atoms with Gasteiger partial charge in [-0.3, -0.25) is 0 Å². The molecule has 1 rings (SSSR count). The summed E-state index contributed by atoms with van der Waals surface area (Å²) in [7, 11) is 2.03. The van der Waals surface area contributed by atoms with Gasteiger partial charge >= 0.3 is 0 Å². The minimum atomic E-state index is 1.08. The highest BCUT2D eigenvalue weighted by molar-refractivity contribution is 8.07. The zero-order chi connectivity index (χ0) is 16.1. The summed E-state index contributed by atoms with van der Waals surface area (Å²) in [5.41, 5.74) is 2.22. The van der Waals surface area contributed by atoms with E-state index < -0.39 is 0 Å². The quantitative estimate of drug-likeness (QED) is 0.602. The summed E-state index contributed by atoms with van der Waals surface area (Å²) in [4.78, 5) is 4.45. The topological polar surface area (TPSA) is 3.24 Å². The molecule has 1 aliphatic rings. The first-order valence-corrected chi connectivity index (χ1v) is 7.91. The second-order valence-corrected chi connectivity index (χ2v) is 4.34. The maximum Gasteiger partial charge on any atom is 0.0546 e. The predicted molar refractivity (Wildman–Crippen MR) is 97.5 cm³/mol. The predicted octanol–water partition coefficient (Wildman–Crippen LogP) is 6.27. The van der Waals surface area contributed by atoms with Crippen LogP contribution in [-0.2, 0) is 0 Å². The van der Waals surface area contributed by atoms with Gasteiger partial charge in [0.25, 0.3) is 0 Å². The van der Waals surface area contributed by atoms with E-state index in [0.29, 0.717) is 0 Å². The van der Waals surface area contributed by atoms with Crippen LogP contribution in [0, 0.1) is 0 Å². The van der Waals surface area contributed by atoms with E-state index in [1.807, 2.05) is 59.9 Å². The molecule has 0 atom stereocenters. The third-order valence-corrected chi connectivity index (χ3v) is 3.62. The Hall–Kier alpha value is -1.41. The Balaban J connectivity index is 0. The van der Waals surface area contributed by atoms with Gasteiger partial charge in [0.1, 0.15) is 0 Å². The average molecular weight is 292 g/mol. The van der Waals surface area contributed by atoms with Gasteiger partial charge in [0, 0.05) is 16.9 Å². The summed E-state index contributed by atoms with van der Waals surface area (Å²) in [5, 5.41) is 0. The van der Waals surface area contributed by atoms with Crippen molar-refractivity contribution in [2.45, 2.75) is 34.6 Å². The molecule has 0 spiro atoms. The van der Waals surface area contributed by atoms with E-state index in [4.69, 9.17) is 0 Å². The van der Waals surface area contributed by atoms with Crippen molar-refractivity contribution >= 4 is 11.8 Å². The molecule has 1 aliphatic heterocycles. The third-order valence-electron chi connectivity index (χ3n) is 2.36. The Bertz CT molecular complexity index is 411. The van der Waals surface area contributed by atoms with Crippen molar-refractivity contribution in [3.8, 4) is 0 Å². The van der Waals surface area contributed by atoms with Crippen molar-refractivity contribution in [3.05, 3.63) is 71.3 Å². The second-order valence-electron chi connectivity index (χ2n) is 3.26. The van der Waals surface area contributed by atoms with Crippen LogP contribution in [0.15, 0.2) is 71.3 Å². The standard InChI is InChI=1S/C14H17NS.2C2H6/c1-6-10-12-14(9-4)16-13(8-3)11(7-2)15(12)5;2*1-2/h6-10H,1-3H2,4-5H3;2*1-2H3/b12-10+,14-9+;;. The molecule has 0 aromatic heterocycles. The summed E-state index contributed by atoms with van der Waals surface area (Å²) in [6.45, 7) is 21.5. The lowest BCUT2D eigenvalue weighted by molar-refractivity contribution is 0.547. The highest BCUT2D eigenvalue weighted by Crippen LogP contribution is 2.41. The molecule has 0 aliphatic carbocycles. The van der Waals surface area contributed by atoms with Gasteiger partial charge in [-0.1, -0.05) is 77.4 Å². The molecular weight excluding hydrogens is 262 g/mol. The van der Waals surface area contributed by atoms with Gasteiger partial charge in [-0.25, -0.2) is 0 Å². The highest BCUT2D eigenvalue weighted by Gasteiger charge is 2.21. The van der Waals surface area contributed by atoms with Crippen LogP contribution in [0.1, 0.15) is 34.6 Å². The van der Waals surface area contributed by atoms with Crippen molar-refractivity contribution in [2.75, 3.05) is 7.05 Å². The molecule has 0 radical (unpaired) electrons. The van der Waals surface area contributed by atoms with Crippen molar-refractivity contribution in [2.24, 2.45) is 0 Å². The van der Waals surface area contributed by atoms with E-state index in [2.05, 4.69) is 30.7 Å². The van der Waals surface area contributed by atoms with Gasteiger partial charge < -0.3 is 4.90 Å². The van der Waals surface area contributed by atoms with Gasteiger partial charge in [-0.2, -0.15) is 0 Å². The number of allylic oxidation sites excluding steroid dienone is 5. The maximum atomic E-state index is 3.85. The number of nitrogens with zero attached hydrogens (tertiary/aromatic N) is 1. The first-order valence-electron chi connectivity index (χ1n) is 7.09. The Morgan fingerprint density at radius 3 is 1.90 bits per heavy atom. The fourth-order valence-corrected chi connectivity index (χ4v) is 2.65. The van der Waals surface area contributed by atoms with E-state index >= 15 is 0 Å². The van der Waals surface area contributed by atoms with Crippen molar-refractivity contribution in [1.82, 2.24) is 4.90 Å². The van der Waals surface area contributed by atoms with E-state index in [1.165, 1.54) is 4.91 Å². The maximum absolute atomic E-state index is 3.85. The third kappa shape index (κ3) is 5.30. The lowest BCUT2D eigenvalue weighted by atomic mass is 10.2. The summed E-state index contributed by atoms with van der Waals surface area (Å²) in [6, 6.07) is 0. The van der Waals surface area contributed by atoms with Crippen LogP contribution in [0.5, 0.6) is 0 Å². The molecule has 20 heavy (non-hydrogen) atoms. The molecule has 0 saturated heterocycles. The van der Waals surface area contributed by atoms with Crippen molar-refractivity contribution < 1.29 is 0 Å². The average Bonchev–Trinajstić information content (AvgIpc) is 2.52. The molecule has 0 aromatic rings. The van der Waals surface area contributed by atoms with Crippen LogP contribution in [0.25, 0.3) is 0 Å². The highest BCUT2D eigenvalue weighted by atomic mass is 32.2. The number of hydrogen-bond acceptors (Lipinski definition) is 2. The van der Waals surface area contributed by atoms with Gasteiger partial charge in [-0.15, -0.1) is 0 Å². The summed E-state index contributed by atoms with van der Waals surface area (Å²) in [6.07, 6.45) is 9.63. The van der Waals surface area contributed by atoms with E-state index in [0.717, 1.165) is 16.3 Å². The van der Waals surface area contributed by atoms with Crippen LogP contribution in [-0.4, -0.2) is 11.9 Å². The molecule has 1 heterocycles. The number of rotatable bonds is 3. The van der Waals surface area contributed by atoms with Gasteiger partial charge in [0.15, 0.2) is 0 Å². The summed E-state index contributed by atoms with van der Waals surface area (Å²) >= 11 is 1.71. The molecule has 1 nitrogen and oxygen atoms in total. The largest absolute Gasteiger partial charge is 0.343 e. The van der Waals surface area contributed by atoms with Crippen LogP contribution in [0.3, 0.4) is 0 Å². The first kappa shape index (κ1) is 20.9. The first-order chi connectivity index (χ1) is 9.69. The number of thioether (sulfide) groups is 1. The van der Waals surface area contributed by atoms with E-state index in [-0.39, 0.29) is 0 Å². The Kier molecular flexibility index (Phi) is 13.2. The molecule has 0 bridgehead atoms. The molecule has 112 valence electrons. The fraction of sp³-hybridized carbons (Fsp3) is 0.333. The normalized spacial score (nSPS) is 17.8. The summed E-state index contributed by atoms with van der Waals surface area (Å²) < 4.78 is 0. The van der Waals surface area contributed by atoms with Gasteiger partial charge in [-0.05, 0) is 19.1 Å². The molecular formula is C18H29NS. The Morgan fingerprint density at radius 1 is 1.00 bits per heavy atom. The van der Waals surface area contributed by atoms with Crippen LogP contribution < -0.4 is 0 Å². The minimum absolute atomic E-state index is 1.08.